The quantitative estimate of drug-likeness (QED) is 0.616. The number of anilines is 1. The Kier molecular flexibility index (Phi) is 7.63. The molecule has 184 valence electrons. The first-order valence-corrected chi connectivity index (χ1v) is 13.6. The molecule has 1 fully saturated rings. The number of ether oxygens (including phenoxy) is 2. The molecule has 2 aliphatic rings. The average molecular weight is 488 g/mol. The fourth-order valence-corrected chi connectivity index (χ4v) is 5.62. The molecule has 1 saturated heterocycles. The van der Waals surface area contributed by atoms with Crippen molar-refractivity contribution in [2.75, 3.05) is 36.9 Å². The number of hydrogen-bond donors (Lipinski definition) is 1. The predicted octanol–water partition coefficient (Wildman–Crippen LogP) is 2.91. The van der Waals surface area contributed by atoms with Crippen molar-refractivity contribution >= 4 is 21.6 Å². The van der Waals surface area contributed by atoms with E-state index in [1.807, 2.05) is 12.1 Å². The number of piperidine rings is 1. The van der Waals surface area contributed by atoms with Crippen LogP contribution in [0.2, 0.25) is 0 Å². The number of carbonyl (C=O) groups excluding carboxylic acids is 1. The predicted molar refractivity (Wildman–Crippen MR) is 132 cm³/mol. The monoisotopic (exact) mass is 487 g/mol. The number of amides is 1. The van der Waals surface area contributed by atoms with Crippen LogP contribution in [0.15, 0.2) is 42.5 Å². The highest BCUT2D eigenvalue weighted by Gasteiger charge is 2.30. The van der Waals surface area contributed by atoms with E-state index in [4.69, 9.17) is 9.47 Å². The maximum absolute atomic E-state index is 12.9. The Morgan fingerprint density at radius 2 is 1.65 bits per heavy atom. The van der Waals surface area contributed by atoms with Crippen molar-refractivity contribution in [1.82, 2.24) is 10.2 Å². The van der Waals surface area contributed by atoms with Gasteiger partial charge in [-0.05, 0) is 56.1 Å². The molecular formula is C25H33N3O5S. The maximum Gasteiger partial charge on any atom is 0.243 e. The molecule has 2 aromatic carbocycles. The molecule has 0 unspecified atom stereocenters. The molecule has 4 rings (SSSR count). The molecule has 34 heavy (non-hydrogen) atoms. The molecule has 0 bridgehead atoms. The van der Waals surface area contributed by atoms with Crippen LogP contribution < -0.4 is 19.1 Å². The van der Waals surface area contributed by atoms with Crippen LogP contribution in [0.5, 0.6) is 11.5 Å². The van der Waals surface area contributed by atoms with E-state index in [1.165, 1.54) is 24.8 Å². The number of nitrogens with zero attached hydrogens (tertiary/aromatic N) is 2. The Morgan fingerprint density at radius 3 is 2.32 bits per heavy atom. The van der Waals surface area contributed by atoms with Crippen LogP contribution in [0.4, 0.5) is 5.69 Å². The van der Waals surface area contributed by atoms with Gasteiger partial charge in [-0.2, -0.15) is 0 Å². The van der Waals surface area contributed by atoms with Crippen molar-refractivity contribution in [2.24, 2.45) is 0 Å². The maximum atomic E-state index is 12.9. The number of carbonyl (C=O) groups is 1. The lowest BCUT2D eigenvalue weighted by molar-refractivity contribution is -0.122. The van der Waals surface area contributed by atoms with Crippen molar-refractivity contribution in [3.63, 3.8) is 0 Å². The Balaban J connectivity index is 1.39. The average Bonchev–Trinajstić information content (AvgIpc) is 2.83. The Morgan fingerprint density at radius 1 is 1.00 bits per heavy atom. The van der Waals surface area contributed by atoms with Crippen LogP contribution in [0.3, 0.4) is 0 Å². The first-order valence-electron chi connectivity index (χ1n) is 11.8. The first kappa shape index (κ1) is 24.3. The van der Waals surface area contributed by atoms with E-state index in [9.17, 15) is 13.2 Å². The van der Waals surface area contributed by atoms with Crippen LogP contribution >= 0.6 is 0 Å². The van der Waals surface area contributed by atoms with Gasteiger partial charge in [0.25, 0.3) is 0 Å². The molecule has 0 aromatic heterocycles. The normalized spacial score (nSPS) is 17.1. The molecule has 1 amide bonds. The summed E-state index contributed by atoms with van der Waals surface area (Å²) in [5.41, 5.74) is 2.58. The van der Waals surface area contributed by atoms with Crippen LogP contribution in [0.1, 0.15) is 37.3 Å². The number of likely N-dealkylation sites (tertiary alicyclic amines) is 1. The summed E-state index contributed by atoms with van der Waals surface area (Å²) in [4.78, 5) is 15.4. The summed E-state index contributed by atoms with van der Waals surface area (Å²) < 4.78 is 37.4. The van der Waals surface area contributed by atoms with Gasteiger partial charge in [-0.25, -0.2) is 8.42 Å². The lowest BCUT2D eigenvalue weighted by Gasteiger charge is -2.29. The van der Waals surface area contributed by atoms with Gasteiger partial charge in [-0.1, -0.05) is 30.7 Å². The lowest BCUT2D eigenvalue weighted by atomic mass is 10.1. The summed E-state index contributed by atoms with van der Waals surface area (Å²) in [7, 11) is -3.72. The third-order valence-electron chi connectivity index (χ3n) is 6.21. The van der Waals surface area contributed by atoms with E-state index in [0.717, 1.165) is 35.8 Å². The van der Waals surface area contributed by atoms with Crippen molar-refractivity contribution in [1.29, 1.82) is 0 Å². The van der Waals surface area contributed by atoms with Crippen molar-refractivity contribution in [2.45, 2.75) is 45.3 Å². The molecule has 0 saturated carbocycles. The van der Waals surface area contributed by atoms with Crippen molar-refractivity contribution < 1.29 is 22.7 Å². The molecule has 0 spiro atoms. The first-order chi connectivity index (χ1) is 16.3. The SMILES string of the molecule is C[C@@H](C(=O)NCc1ccc(CN2CCCCC2)cc1)N(c1ccc2c(c1)OCCO2)S(C)(=O)=O. The number of benzene rings is 2. The van der Waals surface area contributed by atoms with E-state index < -0.39 is 16.1 Å². The molecule has 2 aromatic rings. The Labute approximate surface area is 201 Å². The topological polar surface area (TPSA) is 88.2 Å². The van der Waals surface area contributed by atoms with Gasteiger partial charge >= 0.3 is 0 Å². The van der Waals surface area contributed by atoms with Crippen LogP contribution in [-0.4, -0.2) is 57.8 Å². The minimum Gasteiger partial charge on any atom is -0.486 e. The highest BCUT2D eigenvalue weighted by atomic mass is 32.2. The Bertz CT molecular complexity index is 1100. The number of hydrogen-bond acceptors (Lipinski definition) is 6. The molecule has 1 atom stereocenters. The van der Waals surface area contributed by atoms with Gasteiger partial charge in [0.1, 0.15) is 19.3 Å². The summed E-state index contributed by atoms with van der Waals surface area (Å²) in [5.74, 6) is 0.650. The summed E-state index contributed by atoms with van der Waals surface area (Å²) in [5, 5.41) is 2.87. The van der Waals surface area contributed by atoms with Crippen LogP contribution in [0, 0.1) is 0 Å². The number of nitrogens with one attached hydrogen (secondary N) is 1. The fourth-order valence-electron chi connectivity index (χ4n) is 4.45. The van der Waals surface area contributed by atoms with Crippen LogP contribution in [-0.2, 0) is 27.9 Å². The minimum absolute atomic E-state index is 0.325. The van der Waals surface area contributed by atoms with Crippen molar-refractivity contribution in [3.05, 3.63) is 53.6 Å². The van der Waals surface area contributed by atoms with E-state index in [1.54, 1.807) is 25.1 Å². The van der Waals surface area contributed by atoms with Gasteiger partial charge in [0.05, 0.1) is 11.9 Å². The second-order valence-corrected chi connectivity index (χ2v) is 10.8. The molecule has 2 heterocycles. The molecular weight excluding hydrogens is 454 g/mol. The van der Waals surface area contributed by atoms with E-state index in [0.29, 0.717) is 36.9 Å². The molecule has 9 heteroatoms. The minimum atomic E-state index is -3.72. The van der Waals surface area contributed by atoms with Gasteiger partial charge in [0.2, 0.25) is 15.9 Å². The smallest absolute Gasteiger partial charge is 0.243 e. The van der Waals surface area contributed by atoms with E-state index in [2.05, 4.69) is 22.3 Å². The zero-order valence-corrected chi connectivity index (χ0v) is 20.6. The molecule has 0 radical (unpaired) electrons. The third kappa shape index (κ3) is 6.01. The zero-order chi connectivity index (χ0) is 24.1. The molecule has 1 N–H and O–H groups in total. The third-order valence-corrected chi connectivity index (χ3v) is 7.45. The summed E-state index contributed by atoms with van der Waals surface area (Å²) in [6.07, 6.45) is 4.94. The molecule has 2 aliphatic heterocycles. The van der Waals surface area contributed by atoms with Crippen LogP contribution in [0.25, 0.3) is 0 Å². The fraction of sp³-hybridized carbons (Fsp3) is 0.480. The van der Waals surface area contributed by atoms with E-state index >= 15 is 0 Å². The second kappa shape index (κ2) is 10.7. The van der Waals surface area contributed by atoms with Gasteiger partial charge < -0.3 is 14.8 Å². The summed E-state index contributed by atoms with van der Waals surface area (Å²) in [6, 6.07) is 12.2. The molecule has 8 nitrogen and oxygen atoms in total. The van der Waals surface area contributed by atoms with E-state index in [-0.39, 0.29) is 5.91 Å². The highest BCUT2D eigenvalue weighted by molar-refractivity contribution is 7.92. The standard InChI is InChI=1S/C25H33N3O5S/c1-19(28(34(2,30)31)22-10-11-23-24(16-22)33-15-14-32-23)25(29)26-17-20-6-8-21(9-7-20)18-27-12-4-3-5-13-27/h6-11,16,19H,3-5,12-15,17-18H2,1-2H3,(H,26,29)/t19-/m0/s1. The lowest BCUT2D eigenvalue weighted by Crippen LogP contribution is -2.47. The number of sulfonamides is 1. The molecule has 0 aliphatic carbocycles. The largest absolute Gasteiger partial charge is 0.486 e. The van der Waals surface area contributed by atoms with Gasteiger partial charge in [-0.15, -0.1) is 0 Å². The van der Waals surface area contributed by atoms with Gasteiger partial charge in [0.15, 0.2) is 11.5 Å². The highest BCUT2D eigenvalue weighted by Crippen LogP contribution is 2.35. The summed E-state index contributed by atoms with van der Waals surface area (Å²) >= 11 is 0. The second-order valence-electron chi connectivity index (χ2n) is 8.93. The van der Waals surface area contributed by atoms with Crippen molar-refractivity contribution in [3.8, 4) is 11.5 Å². The zero-order valence-electron chi connectivity index (χ0n) is 19.8. The number of fused-ring (bicyclic) bond motifs is 1. The Hall–Kier alpha value is -2.78. The summed E-state index contributed by atoms with van der Waals surface area (Å²) in [6.45, 7) is 5.98. The van der Waals surface area contributed by atoms with Gasteiger partial charge in [0, 0.05) is 19.2 Å². The number of rotatable bonds is 8. The van der Waals surface area contributed by atoms with Gasteiger partial charge in [-0.3, -0.25) is 14.0 Å².